The van der Waals surface area contributed by atoms with Crippen LogP contribution in [-0.2, 0) is 0 Å². The number of hydrogen-bond donors (Lipinski definition) is 1. The standard InChI is InChI=1S/C9H13N3O/c1-7-2-3-9(12-11-7)13-8-4-5-10-6-8/h2-3,8,10H,4-6H2,1H3/t8-/m1/s1. The molecular formula is C9H13N3O. The summed E-state index contributed by atoms with van der Waals surface area (Å²) in [6.45, 7) is 3.85. The van der Waals surface area contributed by atoms with E-state index in [2.05, 4.69) is 15.5 Å². The van der Waals surface area contributed by atoms with Gasteiger partial charge in [0.1, 0.15) is 6.10 Å². The van der Waals surface area contributed by atoms with Gasteiger partial charge in [0.25, 0.3) is 0 Å². The lowest BCUT2D eigenvalue weighted by Gasteiger charge is -2.10. The van der Waals surface area contributed by atoms with Crippen LogP contribution in [0.25, 0.3) is 0 Å². The molecule has 0 amide bonds. The highest BCUT2D eigenvalue weighted by molar-refractivity contribution is 5.10. The van der Waals surface area contributed by atoms with Crippen molar-refractivity contribution in [1.29, 1.82) is 0 Å². The molecule has 1 aliphatic heterocycles. The summed E-state index contributed by atoms with van der Waals surface area (Å²) in [5.41, 5.74) is 0.914. The summed E-state index contributed by atoms with van der Waals surface area (Å²) in [6.07, 6.45) is 1.31. The van der Waals surface area contributed by atoms with Crippen molar-refractivity contribution in [3.8, 4) is 5.88 Å². The first-order chi connectivity index (χ1) is 6.34. The number of ether oxygens (including phenoxy) is 1. The number of rotatable bonds is 2. The van der Waals surface area contributed by atoms with Gasteiger partial charge in [0.05, 0.1) is 5.69 Å². The van der Waals surface area contributed by atoms with Crippen molar-refractivity contribution in [2.75, 3.05) is 13.1 Å². The van der Waals surface area contributed by atoms with Crippen LogP contribution < -0.4 is 10.1 Å². The van der Waals surface area contributed by atoms with Crippen molar-refractivity contribution in [2.24, 2.45) is 0 Å². The summed E-state index contributed by atoms with van der Waals surface area (Å²) in [5, 5.41) is 11.1. The maximum absolute atomic E-state index is 5.59. The van der Waals surface area contributed by atoms with Crippen LogP contribution in [-0.4, -0.2) is 29.4 Å². The summed E-state index contributed by atoms with van der Waals surface area (Å²) < 4.78 is 5.59. The Hall–Kier alpha value is -1.16. The first-order valence-corrected chi connectivity index (χ1v) is 4.52. The third-order valence-corrected chi connectivity index (χ3v) is 2.08. The van der Waals surface area contributed by atoms with Crippen molar-refractivity contribution in [1.82, 2.24) is 15.5 Å². The van der Waals surface area contributed by atoms with E-state index in [-0.39, 0.29) is 6.10 Å². The molecule has 0 aromatic carbocycles. The van der Waals surface area contributed by atoms with Crippen molar-refractivity contribution < 1.29 is 4.74 Å². The van der Waals surface area contributed by atoms with E-state index in [1.165, 1.54) is 0 Å². The van der Waals surface area contributed by atoms with E-state index in [1.807, 2.05) is 19.1 Å². The first-order valence-electron chi connectivity index (χ1n) is 4.52. The van der Waals surface area contributed by atoms with Crippen LogP contribution >= 0.6 is 0 Å². The molecule has 4 heteroatoms. The van der Waals surface area contributed by atoms with Crippen LogP contribution in [0.4, 0.5) is 0 Å². The molecular weight excluding hydrogens is 166 g/mol. The van der Waals surface area contributed by atoms with Gasteiger partial charge in [-0.3, -0.25) is 0 Å². The van der Waals surface area contributed by atoms with Crippen LogP contribution in [0.15, 0.2) is 12.1 Å². The second-order valence-corrected chi connectivity index (χ2v) is 3.25. The van der Waals surface area contributed by atoms with Gasteiger partial charge in [0.15, 0.2) is 0 Å². The van der Waals surface area contributed by atoms with E-state index in [0.29, 0.717) is 5.88 Å². The fourth-order valence-corrected chi connectivity index (χ4v) is 1.35. The largest absolute Gasteiger partial charge is 0.472 e. The first kappa shape index (κ1) is 8.44. The minimum Gasteiger partial charge on any atom is -0.472 e. The van der Waals surface area contributed by atoms with E-state index < -0.39 is 0 Å². The lowest BCUT2D eigenvalue weighted by molar-refractivity contribution is 0.211. The summed E-state index contributed by atoms with van der Waals surface area (Å²) in [5.74, 6) is 0.624. The van der Waals surface area contributed by atoms with Gasteiger partial charge in [-0.15, -0.1) is 5.10 Å². The van der Waals surface area contributed by atoms with E-state index in [9.17, 15) is 0 Å². The highest BCUT2D eigenvalue weighted by Gasteiger charge is 2.16. The summed E-state index contributed by atoms with van der Waals surface area (Å²) in [6, 6.07) is 3.77. The molecule has 0 bridgehead atoms. The van der Waals surface area contributed by atoms with Gasteiger partial charge >= 0.3 is 0 Å². The smallest absolute Gasteiger partial charge is 0.233 e. The molecule has 1 fully saturated rings. The van der Waals surface area contributed by atoms with Crippen molar-refractivity contribution >= 4 is 0 Å². The Labute approximate surface area is 77.3 Å². The Bertz CT molecular complexity index is 267. The fourth-order valence-electron chi connectivity index (χ4n) is 1.35. The molecule has 1 aromatic rings. The molecule has 0 unspecified atom stereocenters. The number of nitrogens with zero attached hydrogens (tertiary/aromatic N) is 2. The number of aromatic nitrogens is 2. The Morgan fingerprint density at radius 2 is 2.38 bits per heavy atom. The number of hydrogen-bond acceptors (Lipinski definition) is 4. The quantitative estimate of drug-likeness (QED) is 0.719. The molecule has 1 aliphatic rings. The Morgan fingerprint density at radius 1 is 1.46 bits per heavy atom. The van der Waals surface area contributed by atoms with Crippen molar-refractivity contribution in [3.05, 3.63) is 17.8 Å². The molecule has 70 valence electrons. The Balaban J connectivity index is 1.97. The summed E-state index contributed by atoms with van der Waals surface area (Å²) in [4.78, 5) is 0. The molecule has 1 aromatic heterocycles. The summed E-state index contributed by atoms with van der Waals surface area (Å²) >= 11 is 0. The van der Waals surface area contributed by atoms with Gasteiger partial charge in [0.2, 0.25) is 5.88 Å². The molecule has 1 N–H and O–H groups in total. The number of aryl methyl sites for hydroxylation is 1. The highest BCUT2D eigenvalue weighted by atomic mass is 16.5. The molecule has 2 rings (SSSR count). The van der Waals surface area contributed by atoms with Crippen LogP contribution in [0.1, 0.15) is 12.1 Å². The fraction of sp³-hybridized carbons (Fsp3) is 0.556. The van der Waals surface area contributed by atoms with Gasteiger partial charge < -0.3 is 10.1 Å². The zero-order chi connectivity index (χ0) is 9.10. The molecule has 4 nitrogen and oxygen atoms in total. The molecule has 0 radical (unpaired) electrons. The molecule has 0 aliphatic carbocycles. The lowest BCUT2D eigenvalue weighted by atomic mass is 10.3. The Kier molecular flexibility index (Phi) is 2.40. The molecule has 2 heterocycles. The second-order valence-electron chi connectivity index (χ2n) is 3.25. The van der Waals surface area contributed by atoms with Gasteiger partial charge in [-0.25, -0.2) is 0 Å². The van der Waals surface area contributed by atoms with Crippen LogP contribution in [0, 0.1) is 6.92 Å². The SMILES string of the molecule is Cc1ccc(O[C@@H]2CCNC2)nn1. The molecule has 1 saturated heterocycles. The second kappa shape index (κ2) is 3.70. The Morgan fingerprint density at radius 3 is 3.00 bits per heavy atom. The maximum atomic E-state index is 5.59. The van der Waals surface area contributed by atoms with E-state index in [1.54, 1.807) is 0 Å². The van der Waals surface area contributed by atoms with E-state index in [4.69, 9.17) is 4.74 Å². The molecule has 0 saturated carbocycles. The molecule has 13 heavy (non-hydrogen) atoms. The minimum absolute atomic E-state index is 0.261. The van der Waals surface area contributed by atoms with Gasteiger partial charge in [-0.05, 0) is 26.0 Å². The predicted octanol–water partition coefficient (Wildman–Crippen LogP) is 0.526. The van der Waals surface area contributed by atoms with Crippen LogP contribution in [0.2, 0.25) is 0 Å². The van der Waals surface area contributed by atoms with Gasteiger partial charge in [-0.2, -0.15) is 5.10 Å². The van der Waals surface area contributed by atoms with Crippen LogP contribution in [0.5, 0.6) is 5.88 Å². The van der Waals surface area contributed by atoms with Gasteiger partial charge in [-0.1, -0.05) is 0 Å². The minimum atomic E-state index is 0.261. The summed E-state index contributed by atoms with van der Waals surface area (Å²) in [7, 11) is 0. The predicted molar refractivity (Wildman–Crippen MR) is 48.7 cm³/mol. The molecule has 0 spiro atoms. The highest BCUT2D eigenvalue weighted by Crippen LogP contribution is 2.10. The van der Waals surface area contributed by atoms with Crippen molar-refractivity contribution in [2.45, 2.75) is 19.4 Å². The van der Waals surface area contributed by atoms with Crippen LogP contribution in [0.3, 0.4) is 0 Å². The number of nitrogens with one attached hydrogen (secondary N) is 1. The van der Waals surface area contributed by atoms with Gasteiger partial charge in [0, 0.05) is 12.6 Å². The third kappa shape index (κ3) is 2.15. The zero-order valence-corrected chi connectivity index (χ0v) is 7.66. The third-order valence-electron chi connectivity index (χ3n) is 2.08. The topological polar surface area (TPSA) is 47.0 Å². The lowest BCUT2D eigenvalue weighted by Crippen LogP contribution is -2.20. The maximum Gasteiger partial charge on any atom is 0.233 e. The average molecular weight is 179 g/mol. The normalized spacial score (nSPS) is 21.8. The van der Waals surface area contributed by atoms with E-state index >= 15 is 0 Å². The molecule has 1 atom stereocenters. The van der Waals surface area contributed by atoms with E-state index in [0.717, 1.165) is 25.2 Å². The average Bonchev–Trinajstić information content (AvgIpc) is 2.62. The monoisotopic (exact) mass is 179 g/mol. The zero-order valence-electron chi connectivity index (χ0n) is 7.66. The van der Waals surface area contributed by atoms with Crippen molar-refractivity contribution in [3.63, 3.8) is 0 Å².